The smallest absolute Gasteiger partial charge is 0.220 e. The van der Waals surface area contributed by atoms with Crippen LogP contribution in [0.25, 0.3) is 0 Å². The van der Waals surface area contributed by atoms with Gasteiger partial charge in [-0.3, -0.25) is 0 Å². The molecule has 0 aromatic carbocycles. The Morgan fingerprint density at radius 2 is 1.68 bits per heavy atom. The monoisotopic (exact) mass is 320 g/mol. The van der Waals surface area contributed by atoms with Crippen molar-refractivity contribution in [2.24, 2.45) is 0 Å². The van der Waals surface area contributed by atoms with Gasteiger partial charge in [-0.1, -0.05) is 13.3 Å². The van der Waals surface area contributed by atoms with Crippen molar-refractivity contribution in [1.82, 2.24) is 0 Å². The van der Waals surface area contributed by atoms with Gasteiger partial charge in [-0.25, -0.2) is 0 Å². The molecular formula is C15H28O7. The van der Waals surface area contributed by atoms with Crippen LogP contribution in [0.1, 0.15) is 33.6 Å². The average molecular weight is 320 g/mol. The van der Waals surface area contributed by atoms with Crippen LogP contribution in [0, 0.1) is 0 Å². The fourth-order valence-corrected chi connectivity index (χ4v) is 2.71. The lowest BCUT2D eigenvalue weighted by molar-refractivity contribution is -0.479. The minimum absolute atomic E-state index is 0.130. The van der Waals surface area contributed by atoms with Gasteiger partial charge in [0.1, 0.15) is 18.3 Å². The van der Waals surface area contributed by atoms with E-state index in [9.17, 15) is 5.11 Å². The molecule has 1 N–H and O–H groups in total. The zero-order chi connectivity index (χ0) is 16.4. The minimum Gasteiger partial charge on any atom is -0.388 e. The highest BCUT2D eigenvalue weighted by Crippen LogP contribution is 2.42. The SMILES string of the molecule is CCCCO[C@@H]1OC[C@@H](O)[C@H]2O[C@](C)(OC)[C@@](C)(OC)O[C@H]12. The van der Waals surface area contributed by atoms with Crippen molar-refractivity contribution >= 4 is 0 Å². The summed E-state index contributed by atoms with van der Waals surface area (Å²) in [7, 11) is 3.04. The summed E-state index contributed by atoms with van der Waals surface area (Å²) in [6.07, 6.45) is -0.652. The van der Waals surface area contributed by atoms with E-state index in [1.807, 2.05) is 0 Å². The van der Waals surface area contributed by atoms with Gasteiger partial charge in [0.05, 0.1) is 6.61 Å². The molecule has 2 fully saturated rings. The standard InChI is InChI=1S/C15H28O7/c1-6-7-8-19-13-12-11(10(16)9-20-13)21-14(2,17-4)15(3,18-5)22-12/h10-13,16H,6-9H2,1-5H3/t10-,11-,12+,13-,14+,15+/m1/s1. The molecule has 0 spiro atoms. The summed E-state index contributed by atoms with van der Waals surface area (Å²) in [5.41, 5.74) is 0. The lowest BCUT2D eigenvalue weighted by atomic mass is 9.98. The van der Waals surface area contributed by atoms with Crippen LogP contribution in [0.2, 0.25) is 0 Å². The first-order chi connectivity index (χ1) is 10.4. The summed E-state index contributed by atoms with van der Waals surface area (Å²) >= 11 is 0. The van der Waals surface area contributed by atoms with Gasteiger partial charge in [0.15, 0.2) is 6.29 Å². The molecule has 2 aliphatic heterocycles. The Hall–Kier alpha value is -0.280. The summed E-state index contributed by atoms with van der Waals surface area (Å²) < 4.78 is 34.3. The van der Waals surface area contributed by atoms with E-state index >= 15 is 0 Å². The van der Waals surface area contributed by atoms with Crippen molar-refractivity contribution in [2.45, 2.75) is 69.8 Å². The van der Waals surface area contributed by atoms with E-state index in [1.165, 1.54) is 14.2 Å². The predicted octanol–water partition coefficient (Wildman–Crippen LogP) is 1.03. The molecule has 2 saturated heterocycles. The average Bonchev–Trinajstić information content (AvgIpc) is 2.52. The summed E-state index contributed by atoms with van der Waals surface area (Å²) in [5.74, 6) is -2.29. The van der Waals surface area contributed by atoms with Crippen molar-refractivity contribution in [3.8, 4) is 0 Å². The van der Waals surface area contributed by atoms with Crippen LogP contribution in [0.3, 0.4) is 0 Å². The van der Waals surface area contributed by atoms with Crippen LogP contribution in [-0.2, 0) is 28.4 Å². The van der Waals surface area contributed by atoms with Crippen molar-refractivity contribution in [3.05, 3.63) is 0 Å². The number of aliphatic hydroxyl groups excluding tert-OH is 1. The minimum atomic E-state index is -1.14. The Morgan fingerprint density at radius 3 is 2.23 bits per heavy atom. The second-order valence-corrected chi connectivity index (χ2v) is 5.96. The quantitative estimate of drug-likeness (QED) is 0.733. The molecule has 7 nitrogen and oxygen atoms in total. The van der Waals surface area contributed by atoms with Gasteiger partial charge in [0, 0.05) is 20.8 Å². The van der Waals surface area contributed by atoms with Crippen molar-refractivity contribution in [1.29, 1.82) is 0 Å². The molecule has 0 amide bonds. The molecule has 0 radical (unpaired) electrons. The van der Waals surface area contributed by atoms with Gasteiger partial charge in [-0.15, -0.1) is 0 Å². The number of ether oxygens (including phenoxy) is 6. The van der Waals surface area contributed by atoms with E-state index in [1.54, 1.807) is 13.8 Å². The van der Waals surface area contributed by atoms with Crippen LogP contribution < -0.4 is 0 Å². The molecule has 130 valence electrons. The Kier molecular flexibility index (Phi) is 5.82. The molecular weight excluding hydrogens is 292 g/mol. The Balaban J connectivity index is 2.17. The van der Waals surface area contributed by atoms with Crippen LogP contribution in [0.15, 0.2) is 0 Å². The molecule has 22 heavy (non-hydrogen) atoms. The largest absolute Gasteiger partial charge is 0.388 e. The Bertz CT molecular complexity index is 366. The highest BCUT2D eigenvalue weighted by molar-refractivity contribution is 4.96. The van der Waals surface area contributed by atoms with Gasteiger partial charge in [-0.05, 0) is 20.3 Å². The Labute approximate surface area is 131 Å². The third-order valence-electron chi connectivity index (χ3n) is 4.51. The number of unbranched alkanes of at least 4 members (excludes halogenated alkanes) is 1. The molecule has 7 heteroatoms. The number of rotatable bonds is 6. The Morgan fingerprint density at radius 1 is 1.09 bits per heavy atom. The maximum absolute atomic E-state index is 10.2. The zero-order valence-electron chi connectivity index (χ0n) is 14.0. The number of hydrogen-bond acceptors (Lipinski definition) is 7. The van der Waals surface area contributed by atoms with E-state index < -0.39 is 36.2 Å². The maximum Gasteiger partial charge on any atom is 0.220 e. The lowest BCUT2D eigenvalue weighted by Crippen LogP contribution is -2.71. The number of methoxy groups -OCH3 is 2. The normalized spacial score (nSPS) is 45.5. The molecule has 6 atom stereocenters. The molecule has 0 unspecified atom stereocenters. The van der Waals surface area contributed by atoms with E-state index in [4.69, 9.17) is 28.4 Å². The first-order valence-electron chi connectivity index (χ1n) is 7.78. The predicted molar refractivity (Wildman–Crippen MR) is 77.2 cm³/mol. The van der Waals surface area contributed by atoms with Crippen LogP contribution in [0.5, 0.6) is 0 Å². The maximum atomic E-state index is 10.2. The fourth-order valence-electron chi connectivity index (χ4n) is 2.71. The molecule has 0 bridgehead atoms. The second kappa shape index (κ2) is 7.09. The number of hydrogen-bond donors (Lipinski definition) is 1. The van der Waals surface area contributed by atoms with Crippen molar-refractivity contribution in [2.75, 3.05) is 27.4 Å². The molecule has 0 aromatic rings. The molecule has 0 aromatic heterocycles. The van der Waals surface area contributed by atoms with Gasteiger partial charge < -0.3 is 33.5 Å². The molecule has 0 saturated carbocycles. The van der Waals surface area contributed by atoms with Crippen LogP contribution in [0.4, 0.5) is 0 Å². The third-order valence-corrected chi connectivity index (χ3v) is 4.51. The van der Waals surface area contributed by atoms with Gasteiger partial charge in [0.25, 0.3) is 0 Å². The zero-order valence-corrected chi connectivity index (χ0v) is 14.0. The topological polar surface area (TPSA) is 75.6 Å². The van der Waals surface area contributed by atoms with Gasteiger partial charge >= 0.3 is 0 Å². The third kappa shape index (κ3) is 3.17. The lowest BCUT2D eigenvalue weighted by Gasteiger charge is -2.55. The summed E-state index contributed by atoms with van der Waals surface area (Å²) in [4.78, 5) is 0. The van der Waals surface area contributed by atoms with Crippen LogP contribution in [-0.4, -0.2) is 68.7 Å². The van der Waals surface area contributed by atoms with Crippen molar-refractivity contribution in [3.63, 3.8) is 0 Å². The number of aliphatic hydroxyl groups is 1. The van der Waals surface area contributed by atoms with E-state index in [0.29, 0.717) is 6.61 Å². The highest BCUT2D eigenvalue weighted by atomic mass is 16.8. The van der Waals surface area contributed by atoms with Crippen LogP contribution >= 0.6 is 0 Å². The first kappa shape index (κ1) is 18.1. The summed E-state index contributed by atoms with van der Waals surface area (Å²) in [6, 6.07) is 0. The van der Waals surface area contributed by atoms with E-state index in [0.717, 1.165) is 12.8 Å². The van der Waals surface area contributed by atoms with Crippen molar-refractivity contribution < 1.29 is 33.5 Å². The highest BCUT2D eigenvalue weighted by Gasteiger charge is 2.61. The van der Waals surface area contributed by atoms with E-state index in [2.05, 4.69) is 6.92 Å². The first-order valence-corrected chi connectivity index (χ1v) is 7.78. The second-order valence-electron chi connectivity index (χ2n) is 5.96. The molecule has 2 rings (SSSR count). The van der Waals surface area contributed by atoms with Gasteiger partial charge in [-0.2, -0.15) is 0 Å². The van der Waals surface area contributed by atoms with Gasteiger partial charge in [0.2, 0.25) is 11.6 Å². The summed E-state index contributed by atoms with van der Waals surface area (Å²) in [6.45, 7) is 6.24. The summed E-state index contributed by atoms with van der Waals surface area (Å²) in [5, 5.41) is 10.2. The van der Waals surface area contributed by atoms with E-state index in [-0.39, 0.29) is 6.61 Å². The molecule has 2 heterocycles. The molecule has 0 aliphatic carbocycles. The fraction of sp³-hybridized carbons (Fsp3) is 1.00. The number of fused-ring (bicyclic) bond motifs is 1. The molecule has 2 aliphatic rings.